The average Bonchev–Trinajstić information content (AvgIpc) is 2.64. The lowest BCUT2D eigenvalue weighted by Crippen LogP contribution is -2.41. The van der Waals surface area contributed by atoms with Gasteiger partial charge in [0.25, 0.3) is 11.8 Å². The van der Waals surface area contributed by atoms with Crippen molar-refractivity contribution in [2.45, 2.75) is 30.5 Å². The summed E-state index contributed by atoms with van der Waals surface area (Å²) in [4.78, 5) is 28.0. The lowest BCUT2D eigenvalue weighted by atomic mass is 10.2. The van der Waals surface area contributed by atoms with Gasteiger partial charge in [0.15, 0.2) is 11.5 Å². The second-order valence-electron chi connectivity index (χ2n) is 5.84. The summed E-state index contributed by atoms with van der Waals surface area (Å²) >= 11 is -0.517. The predicted molar refractivity (Wildman–Crippen MR) is 99.8 cm³/mol. The second kappa shape index (κ2) is 9.50. The number of alkyl halides is 3. The van der Waals surface area contributed by atoms with Crippen molar-refractivity contribution < 1.29 is 32.2 Å². The molecule has 1 aromatic carbocycles. The van der Waals surface area contributed by atoms with Crippen molar-refractivity contribution in [2.24, 2.45) is 0 Å². The SMILES string of the molecule is COc1cc(C(=O)NNC(=O)c2cccnc2SC(F)(F)F)ccc1OC(C)C. The van der Waals surface area contributed by atoms with Crippen LogP contribution in [-0.2, 0) is 0 Å². The Balaban J connectivity index is 2.09. The second-order valence-corrected chi connectivity index (χ2v) is 6.90. The number of methoxy groups -OCH3 is 1. The van der Waals surface area contributed by atoms with Gasteiger partial charge in [-0.1, -0.05) is 0 Å². The summed E-state index contributed by atoms with van der Waals surface area (Å²) in [7, 11) is 1.41. The normalized spacial score (nSPS) is 11.1. The smallest absolute Gasteiger partial charge is 0.447 e. The van der Waals surface area contributed by atoms with E-state index in [1.807, 2.05) is 13.8 Å². The van der Waals surface area contributed by atoms with Crippen LogP contribution < -0.4 is 20.3 Å². The number of aromatic nitrogens is 1. The molecule has 7 nitrogen and oxygen atoms in total. The zero-order valence-electron chi connectivity index (χ0n) is 15.7. The van der Waals surface area contributed by atoms with E-state index in [0.717, 1.165) is 6.20 Å². The molecule has 2 N–H and O–H groups in total. The lowest BCUT2D eigenvalue weighted by molar-refractivity contribution is -0.0329. The highest BCUT2D eigenvalue weighted by Gasteiger charge is 2.32. The van der Waals surface area contributed by atoms with Crippen molar-refractivity contribution in [3.05, 3.63) is 47.7 Å². The molecule has 0 unspecified atom stereocenters. The highest BCUT2D eigenvalue weighted by atomic mass is 32.2. The molecule has 0 saturated heterocycles. The van der Waals surface area contributed by atoms with E-state index in [1.165, 1.54) is 37.4 Å². The van der Waals surface area contributed by atoms with E-state index in [0.29, 0.717) is 11.5 Å². The van der Waals surface area contributed by atoms with Crippen molar-refractivity contribution in [2.75, 3.05) is 7.11 Å². The van der Waals surface area contributed by atoms with E-state index >= 15 is 0 Å². The Labute approximate surface area is 169 Å². The average molecular weight is 429 g/mol. The van der Waals surface area contributed by atoms with Gasteiger partial charge in [-0.05, 0) is 44.2 Å². The maximum Gasteiger partial charge on any atom is 0.447 e. The fourth-order valence-electron chi connectivity index (χ4n) is 2.17. The number of nitrogens with one attached hydrogen (secondary N) is 2. The number of pyridine rings is 1. The van der Waals surface area contributed by atoms with Crippen molar-refractivity contribution in [1.82, 2.24) is 15.8 Å². The monoisotopic (exact) mass is 429 g/mol. The highest BCUT2D eigenvalue weighted by molar-refractivity contribution is 8.00. The minimum absolute atomic E-state index is 0.105. The van der Waals surface area contributed by atoms with E-state index < -0.39 is 34.1 Å². The Bertz CT molecular complexity index is 891. The molecule has 156 valence electrons. The maximum absolute atomic E-state index is 12.6. The van der Waals surface area contributed by atoms with E-state index in [9.17, 15) is 22.8 Å². The molecular formula is C18H18F3N3O4S. The third-order valence-electron chi connectivity index (χ3n) is 3.31. The molecule has 0 atom stereocenters. The summed E-state index contributed by atoms with van der Waals surface area (Å²) < 4.78 is 48.5. The summed E-state index contributed by atoms with van der Waals surface area (Å²) in [5.74, 6) is -0.882. The first-order valence-corrected chi connectivity index (χ1v) is 9.08. The molecule has 0 spiro atoms. The molecule has 1 aromatic heterocycles. The van der Waals surface area contributed by atoms with E-state index in [-0.39, 0.29) is 17.2 Å². The Hall–Kier alpha value is -2.95. The molecular weight excluding hydrogens is 411 g/mol. The number of ether oxygens (including phenoxy) is 2. The number of hydrogen-bond donors (Lipinski definition) is 2. The predicted octanol–water partition coefficient (Wildman–Crippen LogP) is 3.56. The molecule has 2 aromatic rings. The van der Waals surface area contributed by atoms with Gasteiger partial charge in [0.1, 0.15) is 5.03 Å². The Morgan fingerprint density at radius 2 is 1.79 bits per heavy atom. The summed E-state index contributed by atoms with van der Waals surface area (Å²) in [6.07, 6.45) is 1.03. The quantitative estimate of drug-likeness (QED) is 0.539. The van der Waals surface area contributed by atoms with Crippen LogP contribution in [0, 0.1) is 0 Å². The zero-order chi connectivity index (χ0) is 21.6. The van der Waals surface area contributed by atoms with Gasteiger partial charge in [-0.2, -0.15) is 13.2 Å². The van der Waals surface area contributed by atoms with Crippen LogP contribution in [-0.4, -0.2) is 35.5 Å². The largest absolute Gasteiger partial charge is 0.493 e. The number of hydrazine groups is 1. The van der Waals surface area contributed by atoms with Crippen molar-refractivity contribution in [3.8, 4) is 11.5 Å². The zero-order valence-corrected chi connectivity index (χ0v) is 16.5. The standard InChI is InChI=1S/C18H18F3N3O4S/c1-10(2)28-13-7-6-11(9-14(13)27-3)15(25)23-24-16(26)12-5-4-8-22-17(12)29-18(19,20)21/h4-10H,1-3H3,(H,23,25)(H,24,26). The molecule has 0 fully saturated rings. The minimum Gasteiger partial charge on any atom is -0.493 e. The van der Waals surface area contributed by atoms with Gasteiger partial charge in [0.05, 0.1) is 18.8 Å². The fraction of sp³-hybridized carbons (Fsp3) is 0.278. The van der Waals surface area contributed by atoms with Gasteiger partial charge in [-0.3, -0.25) is 20.4 Å². The van der Waals surface area contributed by atoms with Crippen LogP contribution in [0.4, 0.5) is 13.2 Å². The van der Waals surface area contributed by atoms with Crippen molar-refractivity contribution >= 4 is 23.6 Å². The maximum atomic E-state index is 12.6. The molecule has 0 saturated carbocycles. The Morgan fingerprint density at radius 1 is 1.10 bits per heavy atom. The van der Waals surface area contributed by atoms with Crippen LogP contribution in [0.15, 0.2) is 41.6 Å². The van der Waals surface area contributed by atoms with Gasteiger partial charge >= 0.3 is 5.51 Å². The number of carbonyl (C=O) groups is 2. The number of hydrogen-bond acceptors (Lipinski definition) is 6. The third-order valence-corrected chi connectivity index (χ3v) is 4.06. The van der Waals surface area contributed by atoms with Crippen LogP contribution in [0.25, 0.3) is 0 Å². The van der Waals surface area contributed by atoms with Gasteiger partial charge in [0, 0.05) is 23.5 Å². The molecule has 0 bridgehead atoms. The molecule has 2 rings (SSSR count). The molecule has 1 heterocycles. The summed E-state index contributed by atoms with van der Waals surface area (Å²) in [6.45, 7) is 3.67. The Morgan fingerprint density at radius 3 is 2.41 bits per heavy atom. The number of rotatable bonds is 6. The molecule has 0 aliphatic heterocycles. The lowest BCUT2D eigenvalue weighted by Gasteiger charge is -2.15. The van der Waals surface area contributed by atoms with Crippen LogP contribution in [0.1, 0.15) is 34.6 Å². The van der Waals surface area contributed by atoms with E-state index in [2.05, 4.69) is 15.8 Å². The molecule has 0 radical (unpaired) electrons. The number of benzene rings is 1. The molecule has 0 aliphatic rings. The van der Waals surface area contributed by atoms with E-state index in [4.69, 9.17) is 9.47 Å². The topological polar surface area (TPSA) is 89.6 Å². The molecule has 0 aliphatic carbocycles. The van der Waals surface area contributed by atoms with Crippen molar-refractivity contribution in [1.29, 1.82) is 0 Å². The molecule has 11 heteroatoms. The number of nitrogens with zero attached hydrogens (tertiary/aromatic N) is 1. The number of carbonyl (C=O) groups excluding carboxylic acids is 2. The minimum atomic E-state index is -4.61. The Kier molecular flexibility index (Phi) is 7.32. The first-order valence-electron chi connectivity index (χ1n) is 8.27. The summed E-state index contributed by atoms with van der Waals surface area (Å²) in [5.41, 5.74) is -0.564. The summed E-state index contributed by atoms with van der Waals surface area (Å²) in [5, 5.41) is -0.524. The van der Waals surface area contributed by atoms with Gasteiger partial charge < -0.3 is 9.47 Å². The first kappa shape index (κ1) is 22.3. The van der Waals surface area contributed by atoms with Crippen molar-refractivity contribution in [3.63, 3.8) is 0 Å². The van der Waals surface area contributed by atoms with Gasteiger partial charge in [0.2, 0.25) is 0 Å². The third kappa shape index (κ3) is 6.56. The van der Waals surface area contributed by atoms with Crippen LogP contribution >= 0.6 is 11.8 Å². The van der Waals surface area contributed by atoms with Crippen LogP contribution in [0.3, 0.4) is 0 Å². The highest BCUT2D eigenvalue weighted by Crippen LogP contribution is 2.37. The molecule has 29 heavy (non-hydrogen) atoms. The van der Waals surface area contributed by atoms with Gasteiger partial charge in [-0.25, -0.2) is 4.98 Å². The number of thioether (sulfide) groups is 1. The van der Waals surface area contributed by atoms with Crippen LogP contribution in [0.2, 0.25) is 0 Å². The number of halogens is 3. The fourth-order valence-corrected chi connectivity index (χ4v) is 2.77. The molecule has 2 amide bonds. The number of amides is 2. The van der Waals surface area contributed by atoms with Gasteiger partial charge in [-0.15, -0.1) is 0 Å². The first-order chi connectivity index (χ1) is 13.6. The van der Waals surface area contributed by atoms with Crippen LogP contribution in [0.5, 0.6) is 11.5 Å². The summed E-state index contributed by atoms with van der Waals surface area (Å²) in [6, 6.07) is 6.89. The van der Waals surface area contributed by atoms with E-state index in [1.54, 1.807) is 0 Å².